The van der Waals surface area contributed by atoms with Crippen LogP contribution in [0, 0.1) is 5.92 Å². The van der Waals surface area contributed by atoms with Crippen molar-refractivity contribution < 1.29 is 9.53 Å². The number of hydrogen-bond donors (Lipinski definition) is 1. The third kappa shape index (κ3) is 4.60. The summed E-state index contributed by atoms with van der Waals surface area (Å²) in [4.78, 5) is 27.2. The van der Waals surface area contributed by atoms with Crippen molar-refractivity contribution in [2.45, 2.75) is 32.8 Å². The Kier molecular flexibility index (Phi) is 5.19. The molecule has 1 aromatic rings. The molecule has 2 rings (SSSR count). The van der Waals surface area contributed by atoms with Gasteiger partial charge in [-0.1, -0.05) is 11.6 Å². The molecule has 7 nitrogen and oxygen atoms in total. The predicted octanol–water partition coefficient (Wildman–Crippen LogP) is 2.12. The van der Waals surface area contributed by atoms with Crippen molar-refractivity contribution in [1.82, 2.24) is 15.1 Å². The summed E-state index contributed by atoms with van der Waals surface area (Å²) in [6, 6.07) is 0. The van der Waals surface area contributed by atoms with Crippen LogP contribution in [-0.4, -0.2) is 53.5 Å². The van der Waals surface area contributed by atoms with Gasteiger partial charge in [0.05, 0.1) is 11.9 Å². The number of H-pyrrole nitrogens is 1. The molecule has 0 aromatic carbocycles. The third-order valence-electron chi connectivity index (χ3n) is 3.64. The molecule has 0 aliphatic carbocycles. The minimum atomic E-state index is -0.503. The molecule has 1 atom stereocenters. The third-order valence-corrected chi connectivity index (χ3v) is 4.01. The lowest BCUT2D eigenvalue weighted by molar-refractivity contribution is 0.0277. The van der Waals surface area contributed by atoms with E-state index in [1.54, 1.807) is 18.1 Å². The quantitative estimate of drug-likeness (QED) is 0.910. The number of amides is 1. The van der Waals surface area contributed by atoms with Crippen LogP contribution in [0.15, 0.2) is 11.0 Å². The highest BCUT2D eigenvalue weighted by atomic mass is 35.5. The van der Waals surface area contributed by atoms with E-state index >= 15 is 0 Å². The first-order valence-corrected chi connectivity index (χ1v) is 7.97. The van der Waals surface area contributed by atoms with Gasteiger partial charge in [0.25, 0.3) is 5.56 Å². The van der Waals surface area contributed by atoms with E-state index in [1.165, 1.54) is 0 Å². The molecule has 1 aliphatic heterocycles. The first-order valence-electron chi connectivity index (χ1n) is 7.59. The first kappa shape index (κ1) is 17.6. The summed E-state index contributed by atoms with van der Waals surface area (Å²) in [6.07, 6.45) is 2.15. The maximum atomic E-state index is 12.0. The maximum Gasteiger partial charge on any atom is 0.410 e. The van der Waals surface area contributed by atoms with E-state index in [0.29, 0.717) is 18.2 Å². The van der Waals surface area contributed by atoms with Crippen molar-refractivity contribution in [3.8, 4) is 0 Å². The van der Waals surface area contributed by atoms with Crippen molar-refractivity contribution >= 4 is 23.4 Å². The standard InChI is InChI=1S/C15H23ClN4O3/c1-15(2,3)23-14(22)19(4)8-10-5-6-20(9-10)11-7-17-18-13(21)12(11)16/h7,10H,5-6,8-9H2,1-4H3,(H,18,21). The molecule has 8 heteroatoms. The molecule has 1 N–H and O–H groups in total. The topological polar surface area (TPSA) is 78.5 Å². The van der Waals surface area contributed by atoms with Crippen molar-refractivity contribution in [2.24, 2.45) is 5.92 Å². The van der Waals surface area contributed by atoms with Crippen LogP contribution < -0.4 is 10.5 Å². The smallest absolute Gasteiger partial charge is 0.410 e. The second-order valence-corrected chi connectivity index (χ2v) is 7.24. The molecule has 0 saturated carbocycles. The molecular weight excluding hydrogens is 320 g/mol. The molecule has 1 aromatic heterocycles. The Hall–Kier alpha value is -1.76. The van der Waals surface area contributed by atoms with Crippen LogP contribution in [0.4, 0.5) is 10.5 Å². The fraction of sp³-hybridized carbons (Fsp3) is 0.667. The first-order chi connectivity index (χ1) is 10.7. The lowest BCUT2D eigenvalue weighted by atomic mass is 10.1. The van der Waals surface area contributed by atoms with E-state index in [-0.39, 0.29) is 11.1 Å². The van der Waals surface area contributed by atoms with Gasteiger partial charge in [-0.3, -0.25) is 4.79 Å². The Balaban J connectivity index is 1.94. The Morgan fingerprint density at radius 3 is 2.91 bits per heavy atom. The van der Waals surface area contributed by atoms with Crippen molar-refractivity contribution in [3.63, 3.8) is 0 Å². The van der Waals surface area contributed by atoms with Crippen LogP contribution in [-0.2, 0) is 4.74 Å². The zero-order valence-electron chi connectivity index (χ0n) is 13.9. The number of ether oxygens (including phenoxy) is 1. The van der Waals surface area contributed by atoms with Gasteiger partial charge in [0.2, 0.25) is 0 Å². The highest BCUT2D eigenvalue weighted by molar-refractivity contribution is 6.33. The fourth-order valence-corrected chi connectivity index (χ4v) is 2.81. The van der Waals surface area contributed by atoms with Gasteiger partial charge in [0.15, 0.2) is 0 Å². The number of rotatable bonds is 3. The summed E-state index contributed by atoms with van der Waals surface area (Å²) in [5.74, 6) is 0.294. The second kappa shape index (κ2) is 6.78. The Morgan fingerprint density at radius 1 is 1.57 bits per heavy atom. The van der Waals surface area contributed by atoms with Gasteiger partial charge in [-0.15, -0.1) is 0 Å². The lowest BCUT2D eigenvalue weighted by Crippen LogP contribution is -2.37. The zero-order valence-corrected chi connectivity index (χ0v) is 14.7. The van der Waals surface area contributed by atoms with E-state index in [2.05, 4.69) is 10.2 Å². The summed E-state index contributed by atoms with van der Waals surface area (Å²) in [6.45, 7) is 7.63. The van der Waals surface area contributed by atoms with Gasteiger partial charge in [-0.2, -0.15) is 5.10 Å². The highest BCUT2D eigenvalue weighted by Gasteiger charge is 2.28. The van der Waals surface area contributed by atoms with Gasteiger partial charge in [-0.25, -0.2) is 9.89 Å². The highest BCUT2D eigenvalue weighted by Crippen LogP contribution is 2.27. The number of carbonyl (C=O) groups excluding carboxylic acids is 1. The van der Waals surface area contributed by atoms with Gasteiger partial charge >= 0.3 is 6.09 Å². The summed E-state index contributed by atoms with van der Waals surface area (Å²) in [5.41, 5.74) is -0.256. The lowest BCUT2D eigenvalue weighted by Gasteiger charge is -2.26. The van der Waals surface area contributed by atoms with Gasteiger partial charge in [0, 0.05) is 26.7 Å². The summed E-state index contributed by atoms with van der Waals surface area (Å²) < 4.78 is 5.35. The van der Waals surface area contributed by atoms with E-state index in [0.717, 1.165) is 19.5 Å². The maximum absolute atomic E-state index is 12.0. The molecular formula is C15H23ClN4O3. The number of aromatic amines is 1. The SMILES string of the molecule is CN(CC1CCN(c2cn[nH]c(=O)c2Cl)C1)C(=O)OC(C)(C)C. The Labute approximate surface area is 140 Å². The molecule has 1 unspecified atom stereocenters. The number of aromatic nitrogens is 2. The van der Waals surface area contributed by atoms with Gasteiger partial charge < -0.3 is 14.5 Å². The van der Waals surface area contributed by atoms with Crippen molar-refractivity contribution in [2.75, 3.05) is 31.6 Å². The number of carbonyl (C=O) groups is 1. The fourth-order valence-electron chi connectivity index (χ4n) is 2.60. The Bertz CT molecular complexity index is 626. The number of halogens is 1. The molecule has 1 fully saturated rings. The minimum absolute atomic E-state index is 0.154. The molecule has 23 heavy (non-hydrogen) atoms. The summed E-state index contributed by atoms with van der Waals surface area (Å²) in [7, 11) is 1.73. The predicted molar refractivity (Wildman–Crippen MR) is 89.1 cm³/mol. The van der Waals surface area contributed by atoms with E-state index in [1.807, 2.05) is 25.7 Å². The molecule has 128 valence electrons. The summed E-state index contributed by atoms with van der Waals surface area (Å²) >= 11 is 6.04. The van der Waals surface area contributed by atoms with Crippen LogP contribution in [0.5, 0.6) is 0 Å². The van der Waals surface area contributed by atoms with Crippen LogP contribution in [0.2, 0.25) is 5.02 Å². The molecule has 2 heterocycles. The van der Waals surface area contributed by atoms with Crippen molar-refractivity contribution in [1.29, 1.82) is 0 Å². The molecule has 0 spiro atoms. The largest absolute Gasteiger partial charge is 0.444 e. The normalized spacial score (nSPS) is 18.1. The number of nitrogens with one attached hydrogen (secondary N) is 1. The molecule has 1 amide bonds. The second-order valence-electron chi connectivity index (χ2n) is 6.86. The average Bonchev–Trinajstić information content (AvgIpc) is 2.88. The molecule has 0 radical (unpaired) electrons. The van der Waals surface area contributed by atoms with Gasteiger partial charge in [0.1, 0.15) is 10.6 Å². The molecule has 1 aliphatic rings. The van der Waals surface area contributed by atoms with Crippen LogP contribution >= 0.6 is 11.6 Å². The molecule has 0 bridgehead atoms. The minimum Gasteiger partial charge on any atom is -0.444 e. The van der Waals surface area contributed by atoms with E-state index in [4.69, 9.17) is 16.3 Å². The van der Waals surface area contributed by atoms with Crippen molar-refractivity contribution in [3.05, 3.63) is 21.6 Å². The van der Waals surface area contributed by atoms with Gasteiger partial charge in [-0.05, 0) is 33.1 Å². The summed E-state index contributed by atoms with van der Waals surface area (Å²) in [5, 5.41) is 6.26. The molecule has 1 saturated heterocycles. The monoisotopic (exact) mass is 342 g/mol. The number of hydrogen-bond acceptors (Lipinski definition) is 5. The average molecular weight is 343 g/mol. The van der Waals surface area contributed by atoms with Crippen LogP contribution in [0.3, 0.4) is 0 Å². The number of nitrogens with zero attached hydrogens (tertiary/aromatic N) is 3. The van der Waals surface area contributed by atoms with E-state index < -0.39 is 11.2 Å². The van der Waals surface area contributed by atoms with Crippen LogP contribution in [0.25, 0.3) is 0 Å². The Morgan fingerprint density at radius 2 is 2.26 bits per heavy atom. The number of anilines is 1. The zero-order chi connectivity index (χ0) is 17.2. The van der Waals surface area contributed by atoms with E-state index in [9.17, 15) is 9.59 Å². The van der Waals surface area contributed by atoms with Crippen LogP contribution in [0.1, 0.15) is 27.2 Å².